The van der Waals surface area contributed by atoms with Crippen molar-refractivity contribution in [1.29, 1.82) is 0 Å². The van der Waals surface area contributed by atoms with Crippen LogP contribution >= 0.6 is 0 Å². The van der Waals surface area contributed by atoms with Gasteiger partial charge in [-0.3, -0.25) is 4.90 Å². The third-order valence-corrected chi connectivity index (χ3v) is 7.65. The number of ether oxygens (including phenoxy) is 3. The van der Waals surface area contributed by atoms with Gasteiger partial charge in [0.1, 0.15) is 11.2 Å². The average molecular weight is 589 g/mol. The zero-order chi connectivity index (χ0) is 31.4. The molecule has 8 nitrogen and oxygen atoms in total. The highest BCUT2D eigenvalue weighted by Gasteiger charge is 2.41. The van der Waals surface area contributed by atoms with Crippen LogP contribution in [-0.2, 0) is 19.7 Å². The minimum absolute atomic E-state index is 0.0168. The lowest BCUT2D eigenvalue weighted by molar-refractivity contribution is -0.0360. The summed E-state index contributed by atoms with van der Waals surface area (Å²) in [5.41, 5.74) is 1.10. The van der Waals surface area contributed by atoms with Crippen LogP contribution in [0.25, 0.3) is 10.9 Å². The predicted octanol–water partition coefficient (Wildman–Crippen LogP) is 7.32. The minimum atomic E-state index is -0.816. The minimum Gasteiger partial charge on any atom is -0.429 e. The van der Waals surface area contributed by atoms with E-state index in [1.807, 2.05) is 30.3 Å². The van der Waals surface area contributed by atoms with Crippen molar-refractivity contribution in [3.8, 4) is 11.8 Å². The van der Waals surface area contributed by atoms with Crippen LogP contribution in [0.5, 0.6) is 0 Å². The summed E-state index contributed by atoms with van der Waals surface area (Å²) in [5, 5.41) is 0.800. The molecule has 43 heavy (non-hydrogen) atoms. The molecule has 1 aromatic heterocycles. The molecule has 0 spiro atoms. The van der Waals surface area contributed by atoms with Crippen LogP contribution < -0.4 is 4.84 Å². The van der Waals surface area contributed by atoms with Crippen molar-refractivity contribution in [3.05, 3.63) is 71.9 Å². The number of benzene rings is 2. The van der Waals surface area contributed by atoms with Gasteiger partial charge in [0.15, 0.2) is 6.10 Å². The van der Waals surface area contributed by atoms with Crippen molar-refractivity contribution in [2.24, 2.45) is 5.92 Å². The number of hydrogen-bond donors (Lipinski definition) is 0. The van der Waals surface area contributed by atoms with Crippen LogP contribution in [0.1, 0.15) is 78.4 Å². The molecule has 8 heteroatoms. The zero-order valence-electron chi connectivity index (χ0n) is 26.6. The maximum absolute atomic E-state index is 12.8. The van der Waals surface area contributed by atoms with Gasteiger partial charge in [0.25, 0.3) is 0 Å². The molecule has 1 fully saturated rings. The number of aromatic nitrogens is 1. The first-order valence-corrected chi connectivity index (χ1v) is 14.8. The number of fused-ring (bicyclic) bond motifs is 1. The Morgan fingerprint density at radius 3 is 2.07 bits per heavy atom. The fourth-order valence-corrected chi connectivity index (χ4v) is 5.61. The zero-order valence-corrected chi connectivity index (χ0v) is 26.6. The molecule has 0 aliphatic heterocycles. The average Bonchev–Trinajstić information content (AvgIpc) is 3.26. The summed E-state index contributed by atoms with van der Waals surface area (Å²) in [6.45, 7) is 10.7. The molecule has 4 rings (SSSR count). The van der Waals surface area contributed by atoms with Crippen LogP contribution in [0, 0.1) is 17.8 Å². The Balaban J connectivity index is 1.63. The second-order valence-electron chi connectivity index (χ2n) is 13.3. The number of para-hydroxylation sites is 1. The molecule has 1 saturated carbocycles. The summed E-state index contributed by atoms with van der Waals surface area (Å²) >= 11 is 0. The second kappa shape index (κ2) is 12.7. The molecule has 0 bridgehead atoms. The van der Waals surface area contributed by atoms with Crippen molar-refractivity contribution in [3.63, 3.8) is 0 Å². The summed E-state index contributed by atoms with van der Waals surface area (Å²) in [5.74, 6) is 6.49. The Bertz CT molecular complexity index is 1480. The Kier molecular flexibility index (Phi) is 9.46. The van der Waals surface area contributed by atoms with Crippen molar-refractivity contribution in [2.45, 2.75) is 90.1 Å². The van der Waals surface area contributed by atoms with E-state index in [1.54, 1.807) is 47.7 Å². The summed E-state index contributed by atoms with van der Waals surface area (Å²) < 4.78 is 18.1. The first-order valence-electron chi connectivity index (χ1n) is 14.8. The predicted molar refractivity (Wildman–Crippen MR) is 167 cm³/mol. The molecule has 0 amide bonds. The van der Waals surface area contributed by atoms with Crippen molar-refractivity contribution in [1.82, 2.24) is 9.63 Å². The summed E-state index contributed by atoms with van der Waals surface area (Å²) in [6.07, 6.45) is 2.84. The molecule has 1 heterocycles. The van der Waals surface area contributed by atoms with Crippen LogP contribution in [0.4, 0.5) is 9.59 Å². The van der Waals surface area contributed by atoms with Gasteiger partial charge in [-0.05, 0) is 93.0 Å². The molecule has 0 radical (unpaired) electrons. The summed E-state index contributed by atoms with van der Waals surface area (Å²) in [4.78, 5) is 33.0. The normalized spacial score (nSPS) is 19.7. The Morgan fingerprint density at radius 2 is 1.47 bits per heavy atom. The lowest BCUT2D eigenvalue weighted by Crippen LogP contribution is -2.46. The monoisotopic (exact) mass is 588 g/mol. The molecule has 230 valence electrons. The molecule has 1 atom stereocenters. The third-order valence-electron chi connectivity index (χ3n) is 7.65. The molecule has 0 N–H and O–H groups in total. The van der Waals surface area contributed by atoms with Gasteiger partial charge in [0, 0.05) is 16.8 Å². The van der Waals surface area contributed by atoms with Gasteiger partial charge < -0.3 is 19.0 Å². The van der Waals surface area contributed by atoms with Gasteiger partial charge in [-0.25, -0.2) is 9.59 Å². The van der Waals surface area contributed by atoms with Crippen LogP contribution in [0.15, 0.2) is 60.8 Å². The maximum atomic E-state index is 12.8. The molecule has 1 unspecified atom stereocenters. The van der Waals surface area contributed by atoms with Crippen molar-refractivity contribution >= 4 is 23.2 Å². The topological polar surface area (TPSA) is 79.2 Å². The Hall–Kier alpha value is -3.96. The van der Waals surface area contributed by atoms with E-state index in [-0.39, 0.29) is 11.5 Å². The van der Waals surface area contributed by atoms with E-state index in [9.17, 15) is 9.59 Å². The van der Waals surface area contributed by atoms with Crippen molar-refractivity contribution < 1.29 is 28.6 Å². The van der Waals surface area contributed by atoms with Gasteiger partial charge in [-0.2, -0.15) is 4.73 Å². The van der Waals surface area contributed by atoms with E-state index >= 15 is 0 Å². The largest absolute Gasteiger partial charge is 0.534 e. The van der Waals surface area contributed by atoms with Gasteiger partial charge >= 0.3 is 12.3 Å². The molecule has 1 aliphatic rings. The van der Waals surface area contributed by atoms with Gasteiger partial charge in [-0.15, -0.1) is 0 Å². The van der Waals surface area contributed by atoms with E-state index < -0.39 is 29.6 Å². The number of carbonyl (C=O) groups excluding carboxylic acids is 2. The first kappa shape index (κ1) is 32.0. The molecule has 0 saturated heterocycles. The molecule has 1 aliphatic carbocycles. The number of rotatable bonds is 5. The van der Waals surface area contributed by atoms with E-state index in [1.165, 1.54) is 10.3 Å². The highest BCUT2D eigenvalue weighted by atomic mass is 16.8. The summed E-state index contributed by atoms with van der Waals surface area (Å²) in [7, 11) is 4.24. The van der Waals surface area contributed by atoms with Crippen LogP contribution in [0.2, 0.25) is 0 Å². The van der Waals surface area contributed by atoms with Crippen LogP contribution in [0.3, 0.4) is 0 Å². The molecular formula is C35H44N2O6. The second-order valence-corrected chi connectivity index (χ2v) is 13.3. The Morgan fingerprint density at radius 1 is 0.884 bits per heavy atom. The molecular weight excluding hydrogens is 544 g/mol. The lowest BCUT2D eigenvalue weighted by Gasteiger charge is -2.46. The smallest absolute Gasteiger partial charge is 0.429 e. The molecule has 2 aromatic carbocycles. The maximum Gasteiger partial charge on any atom is 0.534 e. The quantitative estimate of drug-likeness (QED) is 0.228. The third kappa shape index (κ3) is 8.11. The molecule has 3 aromatic rings. The van der Waals surface area contributed by atoms with Gasteiger partial charge in [0.2, 0.25) is 0 Å². The SMILES string of the molecule is CN(C)C1(c2ccccc2)CCC(C(C#Cc2cn(OC(=O)OC(C)(C)C)c3ccccc23)OC(=O)OC(C)(C)C)CC1. The number of hydrogen-bond acceptors (Lipinski definition) is 7. The summed E-state index contributed by atoms with van der Waals surface area (Å²) in [6, 6.07) is 18.1. The fraction of sp³-hybridized carbons (Fsp3) is 0.486. The highest BCUT2D eigenvalue weighted by Crippen LogP contribution is 2.44. The van der Waals surface area contributed by atoms with E-state index in [2.05, 4.69) is 55.1 Å². The van der Waals surface area contributed by atoms with E-state index in [4.69, 9.17) is 19.0 Å². The number of carbonyl (C=O) groups is 2. The van der Waals surface area contributed by atoms with Gasteiger partial charge in [-0.1, -0.05) is 60.4 Å². The Labute approximate surface area is 255 Å². The standard InChI is InChI=1S/C35H44N2O6/c1-33(2,3)41-31(38)40-30(25-20-22-35(23-21-25,36(7)8)27-14-10-9-11-15-27)19-18-26-24-37(29-17-13-12-16-28(26)29)43-32(39)42-34(4,5)6/h9-17,24-25,30H,20-23H2,1-8H3. The fourth-order valence-electron chi connectivity index (χ4n) is 5.61. The van der Waals surface area contributed by atoms with Gasteiger partial charge in [0.05, 0.1) is 17.3 Å². The highest BCUT2D eigenvalue weighted by molar-refractivity contribution is 5.87. The van der Waals surface area contributed by atoms with Crippen molar-refractivity contribution in [2.75, 3.05) is 14.1 Å². The van der Waals surface area contributed by atoms with E-state index in [0.717, 1.165) is 31.1 Å². The van der Waals surface area contributed by atoms with E-state index in [0.29, 0.717) is 11.1 Å². The first-order chi connectivity index (χ1) is 20.2. The van der Waals surface area contributed by atoms with Crippen LogP contribution in [-0.4, -0.2) is 53.3 Å². The lowest BCUT2D eigenvalue weighted by atomic mass is 9.70. The number of nitrogens with zero attached hydrogens (tertiary/aromatic N) is 2.